The molecule has 0 aliphatic carbocycles. The van der Waals surface area contributed by atoms with E-state index in [9.17, 15) is 18.0 Å². The number of aromatic carboxylic acids is 1. The standard InChI is InChI=1S/C13H16N2O5S/c1-15(11-5-6-21(19,20)8-11)13(18)14-10-4-2-3-9(7-10)12(16)17/h2-4,7,11H,5-6,8H2,1H3,(H,14,18)(H,16,17). The molecule has 1 aliphatic rings. The highest BCUT2D eigenvalue weighted by Crippen LogP contribution is 2.18. The number of urea groups is 1. The zero-order valence-electron chi connectivity index (χ0n) is 11.4. The molecular weight excluding hydrogens is 296 g/mol. The number of carbonyl (C=O) groups excluding carboxylic acids is 1. The molecule has 2 amide bonds. The van der Waals surface area contributed by atoms with Crippen LogP contribution in [0.4, 0.5) is 10.5 Å². The van der Waals surface area contributed by atoms with Gasteiger partial charge in [0.2, 0.25) is 0 Å². The van der Waals surface area contributed by atoms with Crippen molar-refractivity contribution >= 4 is 27.5 Å². The number of nitrogens with one attached hydrogen (secondary N) is 1. The third-order valence-corrected chi connectivity index (χ3v) is 5.19. The molecule has 0 aromatic heterocycles. The highest BCUT2D eigenvalue weighted by Gasteiger charge is 2.32. The van der Waals surface area contributed by atoms with Crippen LogP contribution in [0.5, 0.6) is 0 Å². The fourth-order valence-corrected chi connectivity index (χ4v) is 3.96. The smallest absolute Gasteiger partial charge is 0.335 e. The van der Waals surface area contributed by atoms with Crippen LogP contribution in [0.15, 0.2) is 24.3 Å². The fourth-order valence-electron chi connectivity index (χ4n) is 2.19. The molecule has 2 rings (SSSR count). The highest BCUT2D eigenvalue weighted by molar-refractivity contribution is 7.91. The number of amides is 2. The Morgan fingerprint density at radius 3 is 2.67 bits per heavy atom. The van der Waals surface area contributed by atoms with Gasteiger partial charge in [0.05, 0.1) is 17.1 Å². The predicted octanol–water partition coefficient (Wildman–Crippen LogP) is 1.04. The number of rotatable bonds is 3. The first-order valence-corrected chi connectivity index (χ1v) is 8.18. The second-order valence-corrected chi connectivity index (χ2v) is 7.21. The Hall–Kier alpha value is -2.09. The van der Waals surface area contributed by atoms with E-state index in [-0.39, 0.29) is 23.1 Å². The van der Waals surface area contributed by atoms with Crippen LogP contribution in [0.25, 0.3) is 0 Å². The summed E-state index contributed by atoms with van der Waals surface area (Å²) < 4.78 is 22.8. The maximum Gasteiger partial charge on any atom is 0.335 e. The predicted molar refractivity (Wildman–Crippen MR) is 77.2 cm³/mol. The van der Waals surface area contributed by atoms with Crippen LogP contribution in [0.1, 0.15) is 16.8 Å². The number of hydrogen-bond donors (Lipinski definition) is 2. The van der Waals surface area contributed by atoms with Crippen LogP contribution >= 0.6 is 0 Å². The molecule has 8 heteroatoms. The van der Waals surface area contributed by atoms with Crippen molar-refractivity contribution in [1.82, 2.24) is 4.90 Å². The Kier molecular flexibility index (Phi) is 4.17. The van der Waals surface area contributed by atoms with Crippen LogP contribution in [-0.2, 0) is 9.84 Å². The molecule has 1 aromatic carbocycles. The van der Waals surface area contributed by atoms with E-state index in [4.69, 9.17) is 5.11 Å². The van der Waals surface area contributed by atoms with Crippen LogP contribution in [-0.4, -0.2) is 55.0 Å². The monoisotopic (exact) mass is 312 g/mol. The fraction of sp³-hybridized carbons (Fsp3) is 0.385. The van der Waals surface area contributed by atoms with Gasteiger partial charge in [-0.3, -0.25) is 0 Å². The Bertz CT molecular complexity index is 671. The number of carboxylic acids is 1. The van der Waals surface area contributed by atoms with Crippen molar-refractivity contribution in [3.63, 3.8) is 0 Å². The molecule has 1 saturated heterocycles. The second kappa shape index (κ2) is 5.72. The van der Waals surface area contributed by atoms with E-state index in [0.717, 1.165) is 0 Å². The summed E-state index contributed by atoms with van der Waals surface area (Å²) in [5, 5.41) is 11.5. The minimum atomic E-state index is -3.06. The molecule has 7 nitrogen and oxygen atoms in total. The van der Waals surface area contributed by atoms with E-state index >= 15 is 0 Å². The first kappa shape index (κ1) is 15.3. The van der Waals surface area contributed by atoms with E-state index in [0.29, 0.717) is 12.1 Å². The maximum absolute atomic E-state index is 12.1. The van der Waals surface area contributed by atoms with Crippen LogP contribution in [0, 0.1) is 0 Å². The Labute approximate surface area is 122 Å². The summed E-state index contributed by atoms with van der Waals surface area (Å²) in [5.74, 6) is -1.03. The SMILES string of the molecule is CN(C(=O)Nc1cccc(C(=O)O)c1)C1CCS(=O)(=O)C1. The van der Waals surface area contributed by atoms with Crippen LogP contribution in [0.3, 0.4) is 0 Å². The van der Waals surface area contributed by atoms with Crippen molar-refractivity contribution in [2.45, 2.75) is 12.5 Å². The van der Waals surface area contributed by atoms with Crippen LogP contribution < -0.4 is 5.32 Å². The molecule has 1 fully saturated rings. The number of carboxylic acid groups (broad SMARTS) is 1. The van der Waals surface area contributed by atoms with E-state index < -0.39 is 21.8 Å². The molecular formula is C13H16N2O5S. The van der Waals surface area contributed by atoms with Crippen molar-refractivity contribution in [2.24, 2.45) is 0 Å². The molecule has 21 heavy (non-hydrogen) atoms. The quantitative estimate of drug-likeness (QED) is 0.867. The molecule has 1 unspecified atom stereocenters. The number of anilines is 1. The Morgan fingerprint density at radius 1 is 1.38 bits per heavy atom. The van der Waals surface area contributed by atoms with E-state index in [1.54, 1.807) is 6.07 Å². The van der Waals surface area contributed by atoms with Crippen molar-refractivity contribution in [1.29, 1.82) is 0 Å². The van der Waals surface area contributed by atoms with Crippen molar-refractivity contribution in [3.05, 3.63) is 29.8 Å². The molecule has 1 heterocycles. The number of hydrogen-bond acceptors (Lipinski definition) is 4. The molecule has 0 spiro atoms. The average Bonchev–Trinajstić information content (AvgIpc) is 2.78. The van der Waals surface area contributed by atoms with Gasteiger partial charge in [0, 0.05) is 18.8 Å². The van der Waals surface area contributed by atoms with Gasteiger partial charge < -0.3 is 15.3 Å². The number of benzene rings is 1. The lowest BCUT2D eigenvalue weighted by Gasteiger charge is -2.23. The molecule has 1 atom stereocenters. The van der Waals surface area contributed by atoms with Gasteiger partial charge in [0.25, 0.3) is 0 Å². The molecule has 0 saturated carbocycles. The van der Waals surface area contributed by atoms with Gasteiger partial charge in [0.15, 0.2) is 9.84 Å². The van der Waals surface area contributed by atoms with Gasteiger partial charge in [-0.25, -0.2) is 18.0 Å². The van der Waals surface area contributed by atoms with Crippen molar-refractivity contribution < 1.29 is 23.1 Å². The van der Waals surface area contributed by atoms with Gasteiger partial charge in [-0.05, 0) is 24.6 Å². The number of sulfone groups is 1. The number of carbonyl (C=O) groups is 2. The minimum absolute atomic E-state index is 0.0356. The summed E-state index contributed by atoms with van der Waals surface area (Å²) in [6, 6.07) is 5.06. The van der Waals surface area contributed by atoms with Gasteiger partial charge in [-0.2, -0.15) is 0 Å². The van der Waals surface area contributed by atoms with Crippen molar-refractivity contribution in [2.75, 3.05) is 23.9 Å². The topological polar surface area (TPSA) is 104 Å². The van der Waals surface area contributed by atoms with E-state index in [2.05, 4.69) is 5.32 Å². The molecule has 1 aromatic rings. The van der Waals surface area contributed by atoms with E-state index in [1.807, 2.05) is 0 Å². The van der Waals surface area contributed by atoms with Gasteiger partial charge >= 0.3 is 12.0 Å². The van der Waals surface area contributed by atoms with Gasteiger partial charge in [-0.1, -0.05) is 6.07 Å². The lowest BCUT2D eigenvalue weighted by Crippen LogP contribution is -2.40. The van der Waals surface area contributed by atoms with E-state index in [1.165, 1.54) is 30.1 Å². The molecule has 1 aliphatic heterocycles. The number of nitrogens with zero attached hydrogens (tertiary/aromatic N) is 1. The largest absolute Gasteiger partial charge is 0.478 e. The molecule has 2 N–H and O–H groups in total. The first-order chi connectivity index (χ1) is 9.78. The maximum atomic E-state index is 12.1. The summed E-state index contributed by atoms with van der Waals surface area (Å²) in [5.41, 5.74) is 0.423. The summed E-state index contributed by atoms with van der Waals surface area (Å²) in [6.07, 6.45) is 0.418. The average molecular weight is 312 g/mol. The summed E-state index contributed by atoms with van der Waals surface area (Å²) >= 11 is 0. The zero-order valence-corrected chi connectivity index (χ0v) is 12.3. The molecule has 0 radical (unpaired) electrons. The normalized spacial score (nSPS) is 20.0. The lowest BCUT2D eigenvalue weighted by atomic mass is 10.2. The molecule has 0 bridgehead atoms. The Morgan fingerprint density at radius 2 is 2.10 bits per heavy atom. The van der Waals surface area contributed by atoms with Gasteiger partial charge in [0.1, 0.15) is 0 Å². The minimum Gasteiger partial charge on any atom is -0.478 e. The van der Waals surface area contributed by atoms with Crippen LogP contribution in [0.2, 0.25) is 0 Å². The third-order valence-electron chi connectivity index (χ3n) is 3.44. The highest BCUT2D eigenvalue weighted by atomic mass is 32.2. The first-order valence-electron chi connectivity index (χ1n) is 6.36. The second-order valence-electron chi connectivity index (χ2n) is 4.98. The van der Waals surface area contributed by atoms with Gasteiger partial charge in [-0.15, -0.1) is 0 Å². The summed E-state index contributed by atoms with van der Waals surface area (Å²) in [7, 11) is -1.53. The molecule has 114 valence electrons. The summed E-state index contributed by atoms with van der Waals surface area (Å²) in [6.45, 7) is 0. The summed E-state index contributed by atoms with van der Waals surface area (Å²) in [4.78, 5) is 24.3. The zero-order chi connectivity index (χ0) is 15.6. The third kappa shape index (κ3) is 3.72. The van der Waals surface area contributed by atoms with Crippen molar-refractivity contribution in [3.8, 4) is 0 Å². The Balaban J connectivity index is 2.04. The lowest BCUT2D eigenvalue weighted by molar-refractivity contribution is 0.0697.